The van der Waals surface area contributed by atoms with Crippen LogP contribution >= 0.6 is 11.8 Å². The quantitative estimate of drug-likeness (QED) is 0.536. The number of carbonyl (C=O) groups excluding carboxylic acids is 1. The van der Waals surface area contributed by atoms with E-state index in [0.717, 1.165) is 25.8 Å². The van der Waals surface area contributed by atoms with Crippen molar-refractivity contribution in [2.24, 2.45) is 0 Å². The molecular weight excluding hydrogens is 240 g/mol. The first-order valence-corrected chi connectivity index (χ1v) is 7.11. The van der Waals surface area contributed by atoms with E-state index >= 15 is 0 Å². The second-order valence-electron chi connectivity index (χ2n) is 4.46. The predicted molar refractivity (Wildman–Crippen MR) is 65.8 cm³/mol. The summed E-state index contributed by atoms with van der Waals surface area (Å²) >= 11 is 1.57. The molecule has 2 N–H and O–H groups in total. The van der Waals surface area contributed by atoms with Gasteiger partial charge in [-0.15, -0.1) is 11.8 Å². The maximum absolute atomic E-state index is 11.8. The molecule has 2 saturated heterocycles. The molecule has 0 aromatic carbocycles. The molecule has 0 aliphatic carbocycles. The number of nitrogens with one attached hydrogen (secondary N) is 1. The number of β-lactam (4-membered cyclic amide) rings is 1. The summed E-state index contributed by atoms with van der Waals surface area (Å²) in [4.78, 5) is 24.2. The second-order valence-corrected chi connectivity index (χ2v) is 5.61. The zero-order valence-electron chi connectivity index (χ0n) is 9.89. The van der Waals surface area contributed by atoms with E-state index in [4.69, 9.17) is 5.11 Å². The van der Waals surface area contributed by atoms with Gasteiger partial charge >= 0.3 is 5.97 Å². The molecule has 3 atom stereocenters. The molecule has 0 radical (unpaired) electrons. The zero-order chi connectivity index (χ0) is 12.4. The highest BCUT2D eigenvalue weighted by atomic mass is 32.2. The number of carboxylic acids is 1. The Kier molecular flexibility index (Phi) is 3.93. The van der Waals surface area contributed by atoms with Crippen molar-refractivity contribution in [3.8, 4) is 0 Å². The number of carboxylic acid groups (broad SMARTS) is 1. The third-order valence-electron chi connectivity index (χ3n) is 3.27. The molecule has 17 heavy (non-hydrogen) atoms. The van der Waals surface area contributed by atoms with Crippen molar-refractivity contribution in [3.05, 3.63) is 0 Å². The van der Waals surface area contributed by atoms with Crippen molar-refractivity contribution in [2.45, 2.75) is 43.6 Å². The predicted octanol–water partition coefficient (Wildman–Crippen LogP) is 0.503. The summed E-state index contributed by atoms with van der Waals surface area (Å²) in [5.41, 5.74) is 0. The highest BCUT2D eigenvalue weighted by Gasteiger charge is 2.56. The van der Waals surface area contributed by atoms with Crippen LogP contribution in [0.3, 0.4) is 0 Å². The van der Waals surface area contributed by atoms with Crippen LogP contribution in [0.5, 0.6) is 0 Å². The van der Waals surface area contributed by atoms with Crippen LogP contribution in [0.4, 0.5) is 0 Å². The van der Waals surface area contributed by atoms with Crippen LogP contribution in [0.2, 0.25) is 0 Å². The average Bonchev–Trinajstić information content (AvgIpc) is 2.69. The Morgan fingerprint density at radius 2 is 2.35 bits per heavy atom. The number of unbranched alkanes of at least 4 members (excludes halogenated alkanes) is 2. The lowest BCUT2D eigenvalue weighted by atomic mass is 10.0. The fourth-order valence-electron chi connectivity index (χ4n) is 2.27. The van der Waals surface area contributed by atoms with Crippen LogP contribution in [0.15, 0.2) is 0 Å². The van der Waals surface area contributed by atoms with Crippen LogP contribution in [0, 0.1) is 0 Å². The third kappa shape index (κ3) is 2.28. The summed E-state index contributed by atoms with van der Waals surface area (Å²) in [5.74, 6) is -0.430. The van der Waals surface area contributed by atoms with Crippen LogP contribution in [-0.2, 0) is 9.59 Å². The third-order valence-corrected chi connectivity index (χ3v) is 4.62. The zero-order valence-corrected chi connectivity index (χ0v) is 10.7. The van der Waals surface area contributed by atoms with Gasteiger partial charge in [0.05, 0.1) is 0 Å². The minimum Gasteiger partial charge on any atom is -0.480 e. The minimum atomic E-state index is -0.891. The largest absolute Gasteiger partial charge is 0.480 e. The Hall–Kier alpha value is -0.750. The fraction of sp³-hybridized carbons (Fsp3) is 0.818. The molecule has 1 amide bonds. The van der Waals surface area contributed by atoms with Gasteiger partial charge in [0.2, 0.25) is 5.91 Å². The van der Waals surface area contributed by atoms with Gasteiger partial charge < -0.3 is 15.3 Å². The van der Waals surface area contributed by atoms with Crippen LogP contribution in [0.25, 0.3) is 0 Å². The van der Waals surface area contributed by atoms with Gasteiger partial charge in [-0.3, -0.25) is 4.79 Å². The Balaban J connectivity index is 1.81. The van der Waals surface area contributed by atoms with Crippen molar-refractivity contribution in [1.82, 2.24) is 10.2 Å². The number of hydrogen-bond acceptors (Lipinski definition) is 4. The highest BCUT2D eigenvalue weighted by Crippen LogP contribution is 2.39. The average molecular weight is 258 g/mol. The summed E-state index contributed by atoms with van der Waals surface area (Å²) in [5, 5.41) is 12.2. The maximum Gasteiger partial charge on any atom is 0.327 e. The summed E-state index contributed by atoms with van der Waals surface area (Å²) < 4.78 is 0. The van der Waals surface area contributed by atoms with Gasteiger partial charge in [0, 0.05) is 5.75 Å². The van der Waals surface area contributed by atoms with Crippen LogP contribution in [-0.4, -0.2) is 51.6 Å². The lowest BCUT2D eigenvalue weighted by Gasteiger charge is -2.43. The summed E-state index contributed by atoms with van der Waals surface area (Å²) in [7, 11) is 0. The van der Waals surface area contributed by atoms with Crippen molar-refractivity contribution in [2.75, 3.05) is 12.3 Å². The van der Waals surface area contributed by atoms with Gasteiger partial charge in [-0.25, -0.2) is 4.79 Å². The number of amides is 1. The summed E-state index contributed by atoms with van der Waals surface area (Å²) in [6, 6.07) is -0.785. The topological polar surface area (TPSA) is 69.6 Å². The van der Waals surface area contributed by atoms with E-state index in [1.54, 1.807) is 11.8 Å². The van der Waals surface area contributed by atoms with E-state index in [1.807, 2.05) is 0 Å². The van der Waals surface area contributed by atoms with Gasteiger partial charge in [-0.1, -0.05) is 19.8 Å². The Labute approximate surface area is 105 Å². The van der Waals surface area contributed by atoms with Crippen LogP contribution < -0.4 is 5.32 Å². The van der Waals surface area contributed by atoms with Gasteiger partial charge in [-0.05, 0) is 13.0 Å². The first kappa shape index (κ1) is 12.7. The van der Waals surface area contributed by atoms with Crippen molar-refractivity contribution in [1.29, 1.82) is 0 Å². The summed E-state index contributed by atoms with van der Waals surface area (Å²) in [6.07, 6.45) is 3.39. The number of nitrogens with zero attached hydrogens (tertiary/aromatic N) is 1. The molecule has 6 heteroatoms. The first-order chi connectivity index (χ1) is 8.16. The van der Waals surface area contributed by atoms with E-state index in [2.05, 4.69) is 12.2 Å². The SMILES string of the molecule is CCCCCNC1C(=O)N2C(C(=O)O)CS[C@@H]12. The molecule has 2 aliphatic rings. The van der Waals surface area contributed by atoms with E-state index in [-0.39, 0.29) is 17.3 Å². The number of fused-ring (bicyclic) bond motifs is 1. The van der Waals surface area contributed by atoms with E-state index in [9.17, 15) is 9.59 Å². The Bertz CT molecular complexity index is 324. The molecule has 96 valence electrons. The van der Waals surface area contributed by atoms with Gasteiger partial charge in [0.1, 0.15) is 17.5 Å². The lowest BCUT2D eigenvalue weighted by Crippen LogP contribution is -2.69. The number of carbonyl (C=O) groups is 2. The number of rotatable bonds is 6. The lowest BCUT2D eigenvalue weighted by molar-refractivity contribution is -0.158. The molecule has 0 saturated carbocycles. The van der Waals surface area contributed by atoms with Crippen molar-refractivity contribution >= 4 is 23.6 Å². The molecule has 2 heterocycles. The number of thioether (sulfide) groups is 1. The van der Waals surface area contributed by atoms with E-state index in [1.165, 1.54) is 4.90 Å². The number of aliphatic carboxylic acids is 1. The Morgan fingerprint density at radius 1 is 1.59 bits per heavy atom. The second kappa shape index (κ2) is 5.27. The smallest absolute Gasteiger partial charge is 0.327 e. The molecule has 2 fully saturated rings. The monoisotopic (exact) mass is 258 g/mol. The molecule has 2 aliphatic heterocycles. The first-order valence-electron chi connectivity index (χ1n) is 6.06. The molecule has 2 rings (SSSR count). The molecule has 5 nitrogen and oxygen atoms in total. The molecule has 0 bridgehead atoms. The standard InChI is InChI=1S/C11H18N2O3S/c1-2-3-4-5-12-8-9(14)13-7(11(15)16)6-17-10(8)13/h7-8,10,12H,2-6H2,1H3,(H,15,16)/t7?,8?,10-/m0/s1. The molecular formula is C11H18N2O3S. The molecule has 0 aromatic heterocycles. The van der Waals surface area contributed by atoms with E-state index < -0.39 is 12.0 Å². The van der Waals surface area contributed by atoms with Crippen LogP contribution in [0.1, 0.15) is 26.2 Å². The normalized spacial score (nSPS) is 31.2. The Morgan fingerprint density at radius 3 is 3.00 bits per heavy atom. The minimum absolute atomic E-state index is 0.0326. The fourth-order valence-corrected chi connectivity index (χ4v) is 3.77. The van der Waals surface area contributed by atoms with Crippen molar-refractivity contribution in [3.63, 3.8) is 0 Å². The number of hydrogen-bond donors (Lipinski definition) is 2. The van der Waals surface area contributed by atoms with Gasteiger partial charge in [-0.2, -0.15) is 0 Å². The van der Waals surface area contributed by atoms with E-state index in [0.29, 0.717) is 5.75 Å². The highest BCUT2D eigenvalue weighted by molar-refractivity contribution is 8.00. The summed E-state index contributed by atoms with van der Waals surface area (Å²) in [6.45, 7) is 2.98. The molecule has 2 unspecified atom stereocenters. The van der Waals surface area contributed by atoms with Gasteiger partial charge in [0.15, 0.2) is 0 Å². The van der Waals surface area contributed by atoms with Crippen molar-refractivity contribution < 1.29 is 14.7 Å². The molecule has 0 spiro atoms. The van der Waals surface area contributed by atoms with Gasteiger partial charge in [0.25, 0.3) is 0 Å². The molecule has 0 aromatic rings. The maximum atomic E-state index is 11.8.